The number of likely N-dealkylation sites (tertiary alicyclic amines) is 1. The van der Waals surface area contributed by atoms with Gasteiger partial charge >= 0.3 is 0 Å². The Morgan fingerprint density at radius 3 is 2.43 bits per heavy atom. The molecule has 0 radical (unpaired) electrons. The first-order valence-electron chi connectivity index (χ1n) is 7.63. The molecular formula is C16H20F2N2O. The molecule has 21 heavy (non-hydrogen) atoms. The highest BCUT2D eigenvalue weighted by atomic mass is 19.1. The van der Waals surface area contributed by atoms with Crippen molar-refractivity contribution in [3.8, 4) is 0 Å². The summed E-state index contributed by atoms with van der Waals surface area (Å²) in [5.74, 6) is -1.46. The number of hydrogen-bond acceptors (Lipinski definition) is 2. The molecule has 2 N–H and O–H groups in total. The molecule has 2 unspecified atom stereocenters. The summed E-state index contributed by atoms with van der Waals surface area (Å²) in [5, 5.41) is 0. The monoisotopic (exact) mass is 294 g/mol. The van der Waals surface area contributed by atoms with E-state index in [1.165, 1.54) is 6.42 Å². The van der Waals surface area contributed by atoms with Gasteiger partial charge < -0.3 is 10.6 Å². The number of nitrogens with two attached hydrogens (primary N) is 1. The van der Waals surface area contributed by atoms with Crippen LogP contribution in [0.2, 0.25) is 0 Å². The number of benzene rings is 1. The Morgan fingerprint density at radius 2 is 1.71 bits per heavy atom. The molecule has 3 nitrogen and oxygen atoms in total. The van der Waals surface area contributed by atoms with Crippen molar-refractivity contribution in [1.82, 2.24) is 4.90 Å². The lowest BCUT2D eigenvalue weighted by molar-refractivity contribution is 0.0390. The lowest BCUT2D eigenvalue weighted by Gasteiger charge is -2.44. The number of nitrogen functional groups attached to an aromatic ring is 1. The minimum Gasteiger partial charge on any atom is -0.394 e. The Bertz CT molecular complexity index is 536. The van der Waals surface area contributed by atoms with Gasteiger partial charge in [0.15, 0.2) is 0 Å². The molecule has 1 saturated heterocycles. The van der Waals surface area contributed by atoms with Gasteiger partial charge in [0.2, 0.25) is 0 Å². The third-order valence-electron chi connectivity index (χ3n) is 4.83. The molecule has 2 fully saturated rings. The molecular weight excluding hydrogens is 274 g/mol. The maximum absolute atomic E-state index is 13.6. The van der Waals surface area contributed by atoms with Gasteiger partial charge in [0.25, 0.3) is 5.91 Å². The van der Waals surface area contributed by atoms with E-state index in [9.17, 15) is 13.6 Å². The molecule has 5 heteroatoms. The number of amides is 1. The largest absolute Gasteiger partial charge is 0.394 e. The van der Waals surface area contributed by atoms with Crippen LogP contribution in [0.3, 0.4) is 0 Å². The van der Waals surface area contributed by atoms with Crippen LogP contribution in [0.25, 0.3) is 0 Å². The number of nitrogens with zero attached hydrogens (tertiary/aromatic N) is 1. The first-order chi connectivity index (χ1) is 10.1. The summed E-state index contributed by atoms with van der Waals surface area (Å²) in [7, 11) is 0. The Labute approximate surface area is 123 Å². The molecule has 114 valence electrons. The van der Waals surface area contributed by atoms with Crippen LogP contribution in [0.15, 0.2) is 12.1 Å². The molecule has 1 saturated carbocycles. The molecule has 1 aliphatic heterocycles. The van der Waals surface area contributed by atoms with Crippen LogP contribution in [-0.4, -0.2) is 23.4 Å². The third-order valence-corrected chi connectivity index (χ3v) is 4.83. The Morgan fingerprint density at radius 1 is 1.10 bits per heavy atom. The third kappa shape index (κ3) is 2.61. The normalized spacial score (nSPS) is 25.5. The molecule has 1 aromatic carbocycles. The van der Waals surface area contributed by atoms with Crippen LogP contribution >= 0.6 is 0 Å². The van der Waals surface area contributed by atoms with E-state index in [0.717, 1.165) is 44.2 Å². The number of hydrogen-bond donors (Lipinski definition) is 1. The molecule has 2 aliphatic rings. The SMILES string of the molecule is Nc1c(F)cc(C(=O)N2CCCC3CCCCC32)cc1F. The van der Waals surface area contributed by atoms with E-state index in [2.05, 4.69) is 0 Å². The average Bonchev–Trinajstić information content (AvgIpc) is 2.51. The number of fused-ring (bicyclic) bond motifs is 1. The van der Waals surface area contributed by atoms with Crippen molar-refractivity contribution in [2.75, 3.05) is 12.3 Å². The summed E-state index contributed by atoms with van der Waals surface area (Å²) in [4.78, 5) is 14.4. The Balaban J connectivity index is 1.87. The smallest absolute Gasteiger partial charge is 0.254 e. The van der Waals surface area contributed by atoms with Crippen molar-refractivity contribution in [3.63, 3.8) is 0 Å². The van der Waals surface area contributed by atoms with Gasteiger partial charge in [-0.1, -0.05) is 12.8 Å². The predicted molar refractivity (Wildman–Crippen MR) is 76.8 cm³/mol. The highest BCUT2D eigenvalue weighted by molar-refractivity contribution is 5.95. The Hall–Kier alpha value is -1.65. The van der Waals surface area contributed by atoms with E-state index in [1.807, 2.05) is 4.90 Å². The standard InChI is InChI=1S/C16H20F2N2O/c17-12-8-11(9-13(18)15(12)19)16(21)20-7-3-5-10-4-1-2-6-14(10)20/h8-10,14H,1-7,19H2. The molecule has 1 aliphatic carbocycles. The highest BCUT2D eigenvalue weighted by Gasteiger charge is 2.36. The van der Waals surface area contributed by atoms with Crippen molar-refractivity contribution in [2.45, 2.75) is 44.6 Å². The molecule has 1 heterocycles. The van der Waals surface area contributed by atoms with Crippen LogP contribution in [0.4, 0.5) is 14.5 Å². The predicted octanol–water partition coefficient (Wildman–Crippen LogP) is 3.34. The van der Waals surface area contributed by atoms with Gasteiger partial charge in [-0.2, -0.15) is 0 Å². The minimum absolute atomic E-state index is 0.0606. The summed E-state index contributed by atoms with van der Waals surface area (Å²) in [5.41, 5.74) is 4.79. The van der Waals surface area contributed by atoms with E-state index in [-0.39, 0.29) is 17.5 Å². The lowest BCUT2D eigenvalue weighted by Crippen LogP contribution is -2.49. The summed E-state index contributed by atoms with van der Waals surface area (Å²) < 4.78 is 27.1. The van der Waals surface area contributed by atoms with Gasteiger partial charge in [0.05, 0.1) is 0 Å². The second-order valence-electron chi connectivity index (χ2n) is 6.11. The van der Waals surface area contributed by atoms with E-state index in [4.69, 9.17) is 5.73 Å². The topological polar surface area (TPSA) is 46.3 Å². The van der Waals surface area contributed by atoms with Crippen molar-refractivity contribution < 1.29 is 13.6 Å². The zero-order valence-electron chi connectivity index (χ0n) is 11.9. The first-order valence-corrected chi connectivity index (χ1v) is 7.63. The summed E-state index contributed by atoms with van der Waals surface area (Å²) in [6.45, 7) is 0.674. The van der Waals surface area contributed by atoms with Crippen molar-refractivity contribution in [2.24, 2.45) is 5.92 Å². The fourth-order valence-corrected chi connectivity index (χ4v) is 3.75. The number of carbonyl (C=O) groups is 1. The van der Waals surface area contributed by atoms with Crippen LogP contribution in [0.1, 0.15) is 48.9 Å². The summed E-state index contributed by atoms with van der Waals surface area (Å²) in [6, 6.07) is 2.32. The number of piperidine rings is 1. The van der Waals surface area contributed by atoms with Gasteiger partial charge in [-0.05, 0) is 43.7 Å². The van der Waals surface area contributed by atoms with Crippen molar-refractivity contribution >= 4 is 11.6 Å². The van der Waals surface area contributed by atoms with E-state index in [1.54, 1.807) is 0 Å². The molecule has 1 aromatic rings. The second-order valence-corrected chi connectivity index (χ2v) is 6.11. The highest BCUT2D eigenvalue weighted by Crippen LogP contribution is 2.36. The fraction of sp³-hybridized carbons (Fsp3) is 0.562. The van der Waals surface area contributed by atoms with Gasteiger partial charge in [-0.3, -0.25) is 4.79 Å². The van der Waals surface area contributed by atoms with Crippen LogP contribution in [0, 0.1) is 17.6 Å². The summed E-state index contributed by atoms with van der Waals surface area (Å²) in [6.07, 6.45) is 6.60. The molecule has 3 rings (SSSR count). The van der Waals surface area contributed by atoms with Gasteiger partial charge in [0, 0.05) is 18.2 Å². The number of anilines is 1. The molecule has 2 atom stereocenters. The van der Waals surface area contributed by atoms with Gasteiger partial charge in [-0.15, -0.1) is 0 Å². The zero-order valence-corrected chi connectivity index (χ0v) is 11.9. The zero-order chi connectivity index (χ0) is 15.0. The van der Waals surface area contributed by atoms with E-state index >= 15 is 0 Å². The summed E-state index contributed by atoms with van der Waals surface area (Å²) >= 11 is 0. The van der Waals surface area contributed by atoms with Gasteiger partial charge in [-0.25, -0.2) is 8.78 Å². The van der Waals surface area contributed by atoms with Crippen molar-refractivity contribution in [1.29, 1.82) is 0 Å². The van der Waals surface area contributed by atoms with Crippen LogP contribution in [0.5, 0.6) is 0 Å². The number of rotatable bonds is 1. The van der Waals surface area contributed by atoms with Gasteiger partial charge in [0.1, 0.15) is 17.3 Å². The maximum Gasteiger partial charge on any atom is 0.254 e. The average molecular weight is 294 g/mol. The minimum atomic E-state index is -0.865. The van der Waals surface area contributed by atoms with E-state index < -0.39 is 17.3 Å². The van der Waals surface area contributed by atoms with Crippen LogP contribution in [-0.2, 0) is 0 Å². The maximum atomic E-state index is 13.6. The molecule has 1 amide bonds. The Kier molecular flexibility index (Phi) is 3.83. The molecule has 0 spiro atoms. The number of carbonyl (C=O) groups excluding carboxylic acids is 1. The quantitative estimate of drug-likeness (QED) is 0.807. The number of halogens is 2. The first kappa shape index (κ1) is 14.3. The van der Waals surface area contributed by atoms with E-state index in [0.29, 0.717) is 12.5 Å². The van der Waals surface area contributed by atoms with Crippen LogP contribution < -0.4 is 5.73 Å². The second kappa shape index (κ2) is 5.62. The molecule has 0 bridgehead atoms. The van der Waals surface area contributed by atoms with Crippen molar-refractivity contribution in [3.05, 3.63) is 29.3 Å². The fourth-order valence-electron chi connectivity index (χ4n) is 3.75. The molecule has 0 aromatic heterocycles. The lowest BCUT2D eigenvalue weighted by atomic mass is 9.78.